The smallest absolute Gasteiger partial charge is 0.236 e. The predicted molar refractivity (Wildman–Crippen MR) is 39.4 cm³/mol. The molecule has 0 aromatic carbocycles. The Bertz CT molecular complexity index is 132. The number of carbonyl (C=O) groups is 1. The van der Waals surface area contributed by atoms with Crippen molar-refractivity contribution in [2.24, 2.45) is 11.7 Å². The first kappa shape index (κ1) is 7.54. The van der Waals surface area contributed by atoms with Crippen LogP contribution in [0.25, 0.3) is 0 Å². The monoisotopic (exact) mass is 142 g/mol. The molecule has 10 heavy (non-hydrogen) atoms. The molecule has 1 aliphatic rings. The molecule has 0 spiro atoms. The Morgan fingerprint density at radius 3 is 2.60 bits per heavy atom. The molecule has 0 aromatic rings. The molecule has 1 amide bonds. The minimum atomic E-state index is -0.265. The number of hydrogen-bond acceptors (Lipinski definition) is 2. The lowest BCUT2D eigenvalue weighted by Gasteiger charge is -2.29. The van der Waals surface area contributed by atoms with Crippen LogP contribution in [0.2, 0.25) is 0 Å². The number of hydrogen-bond donors (Lipinski definition) is 2. The molecule has 3 heteroatoms. The second kappa shape index (κ2) is 3.01. The summed E-state index contributed by atoms with van der Waals surface area (Å²) < 4.78 is 0. The summed E-state index contributed by atoms with van der Waals surface area (Å²) in [5.41, 5.74) is 5.62. The van der Waals surface area contributed by atoms with E-state index in [1.165, 1.54) is 6.42 Å². The molecular weight excluding hydrogens is 128 g/mol. The van der Waals surface area contributed by atoms with Gasteiger partial charge in [0, 0.05) is 7.05 Å². The van der Waals surface area contributed by atoms with Crippen molar-refractivity contribution in [3.05, 3.63) is 0 Å². The van der Waals surface area contributed by atoms with E-state index in [0.717, 1.165) is 12.8 Å². The molecule has 1 aliphatic carbocycles. The van der Waals surface area contributed by atoms with Crippen molar-refractivity contribution in [3.8, 4) is 0 Å². The molecule has 1 fully saturated rings. The van der Waals surface area contributed by atoms with Gasteiger partial charge in [0.25, 0.3) is 0 Å². The van der Waals surface area contributed by atoms with E-state index in [2.05, 4.69) is 5.32 Å². The fourth-order valence-electron chi connectivity index (χ4n) is 1.18. The number of likely N-dealkylation sites (N-methyl/N-ethyl adjacent to an activating group) is 1. The van der Waals surface area contributed by atoms with Gasteiger partial charge in [0.15, 0.2) is 0 Å². The van der Waals surface area contributed by atoms with Crippen LogP contribution in [-0.4, -0.2) is 19.0 Å². The third kappa shape index (κ3) is 1.29. The Hall–Kier alpha value is -0.570. The predicted octanol–water partition coefficient (Wildman–Crippen LogP) is -0.140. The van der Waals surface area contributed by atoms with Crippen molar-refractivity contribution in [2.45, 2.75) is 25.3 Å². The number of nitrogens with two attached hydrogens (primary N) is 1. The molecule has 1 saturated carbocycles. The summed E-state index contributed by atoms with van der Waals surface area (Å²) in [6, 6.07) is -0.265. The van der Waals surface area contributed by atoms with Crippen molar-refractivity contribution in [1.82, 2.24) is 5.32 Å². The van der Waals surface area contributed by atoms with Crippen molar-refractivity contribution in [1.29, 1.82) is 0 Å². The highest BCUT2D eigenvalue weighted by Crippen LogP contribution is 2.28. The van der Waals surface area contributed by atoms with Gasteiger partial charge in [-0.05, 0) is 18.8 Å². The van der Waals surface area contributed by atoms with Gasteiger partial charge in [0.1, 0.15) is 0 Å². The molecule has 0 aliphatic heterocycles. The largest absolute Gasteiger partial charge is 0.358 e. The van der Waals surface area contributed by atoms with Crippen molar-refractivity contribution in [2.75, 3.05) is 7.05 Å². The van der Waals surface area contributed by atoms with Gasteiger partial charge in [-0.1, -0.05) is 6.42 Å². The van der Waals surface area contributed by atoms with Gasteiger partial charge in [-0.15, -0.1) is 0 Å². The standard InChI is InChI=1S/C7H14N2O/c1-9-7(10)6(8)5-3-2-4-5/h5-6H,2-4,8H2,1H3,(H,9,10)/t6-/m1/s1. The molecule has 1 atom stereocenters. The first-order valence-corrected chi connectivity index (χ1v) is 3.73. The Balaban J connectivity index is 2.31. The lowest BCUT2D eigenvalue weighted by Crippen LogP contribution is -2.46. The van der Waals surface area contributed by atoms with Gasteiger partial charge in [-0.3, -0.25) is 4.79 Å². The summed E-state index contributed by atoms with van der Waals surface area (Å²) in [5.74, 6) is 0.421. The van der Waals surface area contributed by atoms with Crippen molar-refractivity contribution >= 4 is 5.91 Å². The first-order valence-electron chi connectivity index (χ1n) is 3.73. The third-order valence-electron chi connectivity index (χ3n) is 2.21. The van der Waals surface area contributed by atoms with E-state index in [0.29, 0.717) is 5.92 Å². The maximum atomic E-state index is 10.9. The highest BCUT2D eigenvalue weighted by Gasteiger charge is 2.28. The zero-order chi connectivity index (χ0) is 7.56. The molecule has 0 heterocycles. The zero-order valence-electron chi connectivity index (χ0n) is 6.26. The van der Waals surface area contributed by atoms with Crippen molar-refractivity contribution < 1.29 is 4.79 Å². The van der Waals surface area contributed by atoms with Crippen LogP contribution in [0.5, 0.6) is 0 Å². The number of carbonyl (C=O) groups excluding carboxylic acids is 1. The summed E-state index contributed by atoms with van der Waals surface area (Å²) in [4.78, 5) is 10.9. The van der Waals surface area contributed by atoms with E-state index in [1.807, 2.05) is 0 Å². The van der Waals surface area contributed by atoms with Gasteiger partial charge in [0.2, 0.25) is 5.91 Å². The van der Waals surface area contributed by atoms with Crippen LogP contribution in [0.15, 0.2) is 0 Å². The molecule has 3 N–H and O–H groups in total. The Kier molecular flexibility index (Phi) is 2.27. The van der Waals surface area contributed by atoms with Gasteiger partial charge in [0.05, 0.1) is 6.04 Å². The Morgan fingerprint density at radius 1 is 1.70 bits per heavy atom. The molecule has 1 rings (SSSR count). The van der Waals surface area contributed by atoms with E-state index >= 15 is 0 Å². The van der Waals surface area contributed by atoms with Crippen LogP contribution in [0.3, 0.4) is 0 Å². The quantitative estimate of drug-likeness (QED) is 0.564. The van der Waals surface area contributed by atoms with Crippen LogP contribution in [0, 0.1) is 5.92 Å². The SMILES string of the molecule is CNC(=O)[C@H](N)C1CCC1. The molecule has 0 bridgehead atoms. The number of rotatable bonds is 2. The number of nitrogens with one attached hydrogen (secondary N) is 1. The van der Waals surface area contributed by atoms with E-state index in [-0.39, 0.29) is 11.9 Å². The van der Waals surface area contributed by atoms with Crippen LogP contribution < -0.4 is 11.1 Å². The lowest BCUT2D eigenvalue weighted by atomic mass is 9.80. The molecule has 0 radical (unpaired) electrons. The summed E-state index contributed by atoms with van der Waals surface area (Å²) in [6.45, 7) is 0. The van der Waals surface area contributed by atoms with E-state index in [9.17, 15) is 4.79 Å². The zero-order valence-corrected chi connectivity index (χ0v) is 6.26. The fourth-order valence-corrected chi connectivity index (χ4v) is 1.18. The van der Waals surface area contributed by atoms with Gasteiger partial charge in [-0.25, -0.2) is 0 Å². The topological polar surface area (TPSA) is 55.1 Å². The average molecular weight is 142 g/mol. The molecule has 0 aromatic heterocycles. The molecule has 58 valence electrons. The highest BCUT2D eigenvalue weighted by atomic mass is 16.2. The number of amides is 1. The van der Waals surface area contributed by atoms with Crippen LogP contribution in [0.1, 0.15) is 19.3 Å². The second-order valence-corrected chi connectivity index (χ2v) is 2.83. The summed E-state index contributed by atoms with van der Waals surface area (Å²) in [5, 5.41) is 2.55. The van der Waals surface area contributed by atoms with Gasteiger partial charge >= 0.3 is 0 Å². The van der Waals surface area contributed by atoms with E-state index in [1.54, 1.807) is 7.05 Å². The van der Waals surface area contributed by atoms with Crippen LogP contribution in [0.4, 0.5) is 0 Å². The van der Waals surface area contributed by atoms with Crippen molar-refractivity contribution in [3.63, 3.8) is 0 Å². The molecule has 3 nitrogen and oxygen atoms in total. The van der Waals surface area contributed by atoms with Crippen LogP contribution >= 0.6 is 0 Å². The maximum Gasteiger partial charge on any atom is 0.236 e. The van der Waals surface area contributed by atoms with Crippen LogP contribution in [-0.2, 0) is 4.79 Å². The second-order valence-electron chi connectivity index (χ2n) is 2.83. The van der Waals surface area contributed by atoms with E-state index in [4.69, 9.17) is 5.73 Å². The summed E-state index contributed by atoms with van der Waals surface area (Å²) in [6.07, 6.45) is 3.47. The summed E-state index contributed by atoms with van der Waals surface area (Å²) >= 11 is 0. The molecular formula is C7H14N2O. The van der Waals surface area contributed by atoms with E-state index < -0.39 is 0 Å². The average Bonchev–Trinajstić information content (AvgIpc) is 1.82. The Labute approximate surface area is 61.0 Å². The fraction of sp³-hybridized carbons (Fsp3) is 0.857. The maximum absolute atomic E-state index is 10.9. The lowest BCUT2D eigenvalue weighted by molar-refractivity contribution is -0.123. The summed E-state index contributed by atoms with van der Waals surface area (Å²) in [7, 11) is 1.63. The third-order valence-corrected chi connectivity index (χ3v) is 2.21. The minimum Gasteiger partial charge on any atom is -0.358 e. The Morgan fingerprint density at radius 2 is 2.30 bits per heavy atom. The first-order chi connectivity index (χ1) is 4.75. The molecule has 0 unspecified atom stereocenters. The van der Waals surface area contributed by atoms with Gasteiger partial charge < -0.3 is 11.1 Å². The molecule has 0 saturated heterocycles. The van der Waals surface area contributed by atoms with Gasteiger partial charge in [-0.2, -0.15) is 0 Å². The normalized spacial score (nSPS) is 21.4. The minimum absolute atomic E-state index is 0.0234. The highest BCUT2D eigenvalue weighted by molar-refractivity contribution is 5.81.